The van der Waals surface area contributed by atoms with E-state index in [9.17, 15) is 4.79 Å². The smallest absolute Gasteiger partial charge is 0.244 e. The molecular formula is C17H33N3O. The summed E-state index contributed by atoms with van der Waals surface area (Å²) in [7, 11) is 4.20. The molecule has 2 atom stereocenters. The largest absolute Gasteiger partial charge is 0.323 e. The zero-order valence-corrected chi connectivity index (χ0v) is 14.5. The van der Waals surface area contributed by atoms with E-state index < -0.39 is 0 Å². The Balaban J connectivity index is 2.11. The molecule has 1 amide bonds. The van der Waals surface area contributed by atoms with Crippen molar-refractivity contribution in [2.75, 3.05) is 20.6 Å². The lowest BCUT2D eigenvalue weighted by molar-refractivity contribution is -0.135. The molecule has 122 valence electrons. The molecule has 1 saturated heterocycles. The summed E-state index contributed by atoms with van der Waals surface area (Å²) in [5.41, 5.74) is -0.230. The molecule has 1 heterocycles. The second-order valence-corrected chi connectivity index (χ2v) is 7.73. The first-order valence-electron chi connectivity index (χ1n) is 8.61. The van der Waals surface area contributed by atoms with Gasteiger partial charge in [0, 0.05) is 6.04 Å². The van der Waals surface area contributed by atoms with Crippen molar-refractivity contribution in [3.63, 3.8) is 0 Å². The normalized spacial score (nSPS) is 26.5. The van der Waals surface area contributed by atoms with E-state index in [-0.39, 0.29) is 11.7 Å². The number of carbonyl (C=O) groups excluding carboxylic acids is 1. The third kappa shape index (κ3) is 3.59. The molecule has 4 heteroatoms. The molecule has 1 aliphatic heterocycles. The van der Waals surface area contributed by atoms with Gasteiger partial charge in [0.1, 0.15) is 0 Å². The van der Waals surface area contributed by atoms with Gasteiger partial charge in [0.2, 0.25) is 5.91 Å². The average Bonchev–Trinajstić information content (AvgIpc) is 2.94. The zero-order valence-electron chi connectivity index (χ0n) is 14.5. The van der Waals surface area contributed by atoms with E-state index in [1.165, 1.54) is 12.8 Å². The third-order valence-electron chi connectivity index (χ3n) is 5.04. The average molecular weight is 295 g/mol. The highest BCUT2D eigenvalue weighted by Crippen LogP contribution is 2.38. The van der Waals surface area contributed by atoms with Crippen LogP contribution < -0.4 is 5.32 Å². The fourth-order valence-corrected chi connectivity index (χ4v) is 3.89. The van der Waals surface area contributed by atoms with Gasteiger partial charge in [-0.1, -0.05) is 26.7 Å². The molecule has 0 radical (unpaired) electrons. The summed E-state index contributed by atoms with van der Waals surface area (Å²) < 4.78 is 0. The van der Waals surface area contributed by atoms with Gasteiger partial charge in [-0.3, -0.25) is 10.1 Å². The molecule has 0 aromatic heterocycles. The van der Waals surface area contributed by atoms with E-state index in [1.807, 2.05) is 0 Å². The Kier molecular flexibility index (Phi) is 5.31. The molecule has 1 N–H and O–H groups in total. The van der Waals surface area contributed by atoms with Gasteiger partial charge in [0.15, 0.2) is 0 Å². The number of hydrogen-bond acceptors (Lipinski definition) is 3. The minimum absolute atomic E-state index is 0.229. The molecule has 0 bridgehead atoms. The van der Waals surface area contributed by atoms with Crippen LogP contribution in [0.5, 0.6) is 0 Å². The van der Waals surface area contributed by atoms with Crippen molar-refractivity contribution >= 4 is 5.91 Å². The predicted molar refractivity (Wildman–Crippen MR) is 87.1 cm³/mol. The van der Waals surface area contributed by atoms with Gasteiger partial charge in [-0.05, 0) is 59.2 Å². The van der Waals surface area contributed by atoms with Gasteiger partial charge in [-0.25, -0.2) is 0 Å². The lowest BCUT2D eigenvalue weighted by atomic mass is 9.97. The second kappa shape index (κ2) is 6.66. The Hall–Kier alpha value is -0.610. The van der Waals surface area contributed by atoms with Crippen LogP contribution in [-0.4, -0.2) is 54.1 Å². The van der Waals surface area contributed by atoms with Crippen LogP contribution in [0.25, 0.3) is 0 Å². The number of amides is 1. The first kappa shape index (κ1) is 16.8. The number of nitrogens with zero attached hydrogens (tertiary/aromatic N) is 2. The van der Waals surface area contributed by atoms with Crippen molar-refractivity contribution < 1.29 is 4.79 Å². The van der Waals surface area contributed by atoms with Crippen LogP contribution in [0.1, 0.15) is 59.3 Å². The summed E-state index contributed by atoms with van der Waals surface area (Å²) in [6.45, 7) is 7.74. The fraction of sp³-hybridized carbons (Fsp3) is 0.941. The van der Waals surface area contributed by atoms with Crippen molar-refractivity contribution in [2.45, 2.75) is 77.0 Å². The molecule has 1 saturated carbocycles. The lowest BCUT2D eigenvalue weighted by Crippen LogP contribution is -2.45. The summed E-state index contributed by atoms with van der Waals surface area (Å²) in [4.78, 5) is 17.4. The van der Waals surface area contributed by atoms with Gasteiger partial charge in [-0.15, -0.1) is 0 Å². The molecule has 2 fully saturated rings. The number of rotatable bonds is 6. The van der Waals surface area contributed by atoms with Crippen molar-refractivity contribution in [1.29, 1.82) is 0 Å². The highest BCUT2D eigenvalue weighted by molar-refractivity contribution is 5.89. The summed E-state index contributed by atoms with van der Waals surface area (Å²) in [5, 5.41) is 3.73. The van der Waals surface area contributed by atoms with Crippen LogP contribution in [0, 0.1) is 5.92 Å². The van der Waals surface area contributed by atoms with Crippen LogP contribution in [0.15, 0.2) is 0 Å². The Morgan fingerprint density at radius 1 is 1.29 bits per heavy atom. The summed E-state index contributed by atoms with van der Waals surface area (Å²) in [6, 6.07) is 0.316. The SMILES string of the molecule is CC(C)CC1NC2(CCCC2)C(=O)N1C(C)CCN(C)C. The maximum atomic E-state index is 13.1. The van der Waals surface area contributed by atoms with Gasteiger partial charge >= 0.3 is 0 Å². The Morgan fingerprint density at radius 3 is 2.43 bits per heavy atom. The fourth-order valence-electron chi connectivity index (χ4n) is 3.89. The van der Waals surface area contributed by atoms with E-state index in [2.05, 4.69) is 50.0 Å². The molecule has 21 heavy (non-hydrogen) atoms. The molecule has 1 spiro atoms. The molecular weight excluding hydrogens is 262 g/mol. The first-order chi connectivity index (χ1) is 9.85. The first-order valence-corrected chi connectivity index (χ1v) is 8.61. The van der Waals surface area contributed by atoms with Gasteiger partial charge in [0.25, 0.3) is 0 Å². The maximum absolute atomic E-state index is 13.1. The van der Waals surface area contributed by atoms with E-state index in [0.717, 1.165) is 32.2 Å². The number of carbonyl (C=O) groups is 1. The van der Waals surface area contributed by atoms with Crippen LogP contribution >= 0.6 is 0 Å². The van der Waals surface area contributed by atoms with Gasteiger partial charge in [0.05, 0.1) is 11.7 Å². The number of hydrogen-bond donors (Lipinski definition) is 1. The van der Waals surface area contributed by atoms with E-state index in [4.69, 9.17) is 0 Å². The van der Waals surface area contributed by atoms with Gasteiger partial charge in [-0.2, -0.15) is 0 Å². The predicted octanol–water partition coefficient (Wildman–Crippen LogP) is 2.44. The van der Waals surface area contributed by atoms with Crippen LogP contribution in [0.3, 0.4) is 0 Å². The highest BCUT2D eigenvalue weighted by Gasteiger charge is 2.53. The van der Waals surface area contributed by atoms with Gasteiger partial charge < -0.3 is 9.80 Å². The molecule has 1 aliphatic carbocycles. The number of nitrogens with one attached hydrogen (secondary N) is 1. The molecule has 0 aromatic carbocycles. The van der Waals surface area contributed by atoms with Crippen LogP contribution in [0.2, 0.25) is 0 Å². The van der Waals surface area contributed by atoms with E-state index in [0.29, 0.717) is 17.9 Å². The van der Waals surface area contributed by atoms with Crippen molar-refractivity contribution in [1.82, 2.24) is 15.1 Å². The van der Waals surface area contributed by atoms with Crippen LogP contribution in [-0.2, 0) is 4.79 Å². The van der Waals surface area contributed by atoms with E-state index in [1.54, 1.807) is 0 Å². The quantitative estimate of drug-likeness (QED) is 0.817. The molecule has 0 aromatic rings. The van der Waals surface area contributed by atoms with E-state index >= 15 is 0 Å². The molecule has 2 unspecified atom stereocenters. The highest BCUT2D eigenvalue weighted by atomic mass is 16.2. The Labute approximate surface area is 130 Å². The summed E-state index contributed by atoms with van der Waals surface area (Å²) >= 11 is 0. The lowest BCUT2D eigenvalue weighted by Gasteiger charge is -2.32. The van der Waals surface area contributed by atoms with Crippen LogP contribution in [0.4, 0.5) is 0 Å². The standard InChI is InChI=1S/C17H33N3O/c1-13(2)12-15-18-17(9-6-7-10-17)16(21)20(15)14(3)8-11-19(4)5/h13-15,18H,6-12H2,1-5H3. The van der Waals surface area contributed by atoms with Crippen molar-refractivity contribution in [2.24, 2.45) is 5.92 Å². The Bertz CT molecular complexity index is 361. The van der Waals surface area contributed by atoms with Crippen molar-refractivity contribution in [3.05, 3.63) is 0 Å². The topological polar surface area (TPSA) is 35.6 Å². The second-order valence-electron chi connectivity index (χ2n) is 7.73. The molecule has 4 nitrogen and oxygen atoms in total. The summed E-state index contributed by atoms with van der Waals surface area (Å²) in [6.07, 6.45) is 6.76. The maximum Gasteiger partial charge on any atom is 0.244 e. The third-order valence-corrected chi connectivity index (χ3v) is 5.04. The van der Waals surface area contributed by atoms with Crippen molar-refractivity contribution in [3.8, 4) is 0 Å². The molecule has 2 aliphatic rings. The molecule has 2 rings (SSSR count). The minimum Gasteiger partial charge on any atom is -0.323 e. The summed E-state index contributed by atoms with van der Waals surface area (Å²) in [5.74, 6) is 0.979. The Morgan fingerprint density at radius 2 is 1.90 bits per heavy atom. The monoisotopic (exact) mass is 295 g/mol. The zero-order chi connectivity index (χ0) is 15.6. The minimum atomic E-state index is -0.230.